The van der Waals surface area contributed by atoms with Crippen LogP contribution in [0.1, 0.15) is 31.2 Å². The SMILES string of the molecule is Clc1ccc(C2=C(CN3CCOCC3)N3C=C(C4CCCC4)C=CC3N2)cc1. The van der Waals surface area contributed by atoms with Crippen molar-refractivity contribution in [3.63, 3.8) is 0 Å². The molecule has 1 aliphatic carbocycles. The van der Waals surface area contributed by atoms with Gasteiger partial charge in [-0.25, -0.2) is 0 Å². The Bertz CT molecular complexity index is 802. The molecule has 148 valence electrons. The molecule has 5 heteroatoms. The van der Waals surface area contributed by atoms with Gasteiger partial charge in [0, 0.05) is 30.9 Å². The third-order valence-electron chi connectivity index (χ3n) is 6.39. The van der Waals surface area contributed by atoms with Gasteiger partial charge in [-0.15, -0.1) is 0 Å². The Morgan fingerprint density at radius 3 is 2.57 bits per heavy atom. The second-order valence-electron chi connectivity index (χ2n) is 8.18. The van der Waals surface area contributed by atoms with E-state index < -0.39 is 0 Å². The van der Waals surface area contributed by atoms with Crippen molar-refractivity contribution in [1.82, 2.24) is 15.1 Å². The summed E-state index contributed by atoms with van der Waals surface area (Å²) in [5.74, 6) is 0.724. The van der Waals surface area contributed by atoms with Gasteiger partial charge in [0.15, 0.2) is 0 Å². The lowest BCUT2D eigenvalue weighted by Crippen LogP contribution is -2.41. The van der Waals surface area contributed by atoms with Crippen LogP contribution in [0.15, 0.2) is 53.9 Å². The van der Waals surface area contributed by atoms with E-state index in [-0.39, 0.29) is 6.17 Å². The van der Waals surface area contributed by atoms with Crippen LogP contribution in [0.4, 0.5) is 0 Å². The van der Waals surface area contributed by atoms with Gasteiger partial charge in [0.05, 0.1) is 24.6 Å². The molecule has 1 N–H and O–H groups in total. The summed E-state index contributed by atoms with van der Waals surface area (Å²) in [4.78, 5) is 4.97. The van der Waals surface area contributed by atoms with E-state index in [2.05, 4.69) is 45.6 Å². The molecule has 0 aromatic heterocycles. The van der Waals surface area contributed by atoms with Crippen LogP contribution in [0, 0.1) is 5.92 Å². The normalized spacial score (nSPS) is 25.8. The third kappa shape index (κ3) is 3.61. The molecule has 3 heterocycles. The third-order valence-corrected chi connectivity index (χ3v) is 6.64. The predicted molar refractivity (Wildman–Crippen MR) is 114 cm³/mol. The Kier molecular flexibility index (Phi) is 5.19. The summed E-state index contributed by atoms with van der Waals surface area (Å²) in [7, 11) is 0. The summed E-state index contributed by atoms with van der Waals surface area (Å²) < 4.78 is 5.56. The number of halogens is 1. The smallest absolute Gasteiger partial charge is 0.123 e. The van der Waals surface area contributed by atoms with Crippen LogP contribution in [0.2, 0.25) is 5.02 Å². The predicted octanol–water partition coefficient (Wildman–Crippen LogP) is 4.22. The number of allylic oxidation sites excluding steroid dienone is 2. The molecule has 5 rings (SSSR count). The van der Waals surface area contributed by atoms with Gasteiger partial charge in [-0.05, 0) is 48.1 Å². The van der Waals surface area contributed by atoms with E-state index in [4.69, 9.17) is 16.3 Å². The molecule has 4 nitrogen and oxygen atoms in total. The zero-order valence-electron chi connectivity index (χ0n) is 16.2. The van der Waals surface area contributed by atoms with Gasteiger partial charge in [0.2, 0.25) is 0 Å². The van der Waals surface area contributed by atoms with Crippen molar-refractivity contribution in [1.29, 1.82) is 0 Å². The maximum absolute atomic E-state index is 6.13. The van der Waals surface area contributed by atoms with Crippen molar-refractivity contribution in [2.24, 2.45) is 5.92 Å². The van der Waals surface area contributed by atoms with Crippen LogP contribution in [0.25, 0.3) is 5.70 Å². The zero-order valence-corrected chi connectivity index (χ0v) is 17.0. The number of nitrogens with zero attached hydrogens (tertiary/aromatic N) is 2. The molecule has 0 radical (unpaired) electrons. The first kappa shape index (κ1) is 18.3. The summed E-state index contributed by atoms with van der Waals surface area (Å²) in [5.41, 5.74) is 5.27. The van der Waals surface area contributed by atoms with E-state index in [1.807, 2.05) is 12.1 Å². The van der Waals surface area contributed by atoms with Crippen molar-refractivity contribution >= 4 is 17.3 Å². The van der Waals surface area contributed by atoms with Crippen LogP contribution < -0.4 is 5.32 Å². The number of benzene rings is 1. The number of hydrogen-bond donors (Lipinski definition) is 1. The van der Waals surface area contributed by atoms with Crippen LogP contribution in [0.3, 0.4) is 0 Å². The summed E-state index contributed by atoms with van der Waals surface area (Å²) in [6.45, 7) is 4.57. The number of hydrogen-bond acceptors (Lipinski definition) is 4. The highest BCUT2D eigenvalue weighted by Gasteiger charge is 2.33. The molecular formula is C23H28ClN3O. The molecule has 1 saturated carbocycles. The van der Waals surface area contributed by atoms with Crippen molar-refractivity contribution in [2.45, 2.75) is 31.8 Å². The van der Waals surface area contributed by atoms with E-state index in [1.54, 1.807) is 0 Å². The van der Waals surface area contributed by atoms with Gasteiger partial charge < -0.3 is 15.0 Å². The Morgan fingerprint density at radius 2 is 1.82 bits per heavy atom. The molecule has 1 unspecified atom stereocenters. The number of ether oxygens (including phenoxy) is 1. The molecule has 0 bridgehead atoms. The minimum absolute atomic E-state index is 0.201. The molecule has 2 fully saturated rings. The van der Waals surface area contributed by atoms with E-state index in [0.717, 1.165) is 43.8 Å². The van der Waals surface area contributed by atoms with E-state index in [1.165, 1.54) is 48.2 Å². The second kappa shape index (κ2) is 7.94. The lowest BCUT2D eigenvalue weighted by molar-refractivity contribution is 0.0401. The molecule has 0 amide bonds. The highest BCUT2D eigenvalue weighted by atomic mass is 35.5. The second-order valence-corrected chi connectivity index (χ2v) is 8.62. The largest absolute Gasteiger partial charge is 0.379 e. The van der Waals surface area contributed by atoms with Crippen molar-refractivity contribution in [3.8, 4) is 0 Å². The molecule has 1 saturated heterocycles. The molecule has 1 aromatic carbocycles. The lowest BCUT2D eigenvalue weighted by Gasteiger charge is -2.33. The van der Waals surface area contributed by atoms with Crippen molar-refractivity contribution < 1.29 is 4.74 Å². The van der Waals surface area contributed by atoms with Gasteiger partial charge in [-0.3, -0.25) is 4.90 Å². The lowest BCUT2D eigenvalue weighted by atomic mass is 9.96. The van der Waals surface area contributed by atoms with Gasteiger partial charge in [0.25, 0.3) is 0 Å². The van der Waals surface area contributed by atoms with E-state index in [0.29, 0.717) is 0 Å². The Hall–Kier alpha value is -1.75. The molecular weight excluding hydrogens is 370 g/mol. The van der Waals surface area contributed by atoms with Crippen LogP contribution in [-0.4, -0.2) is 48.8 Å². The summed E-state index contributed by atoms with van der Waals surface area (Å²) in [6.07, 6.45) is 12.7. The fourth-order valence-electron chi connectivity index (χ4n) is 4.80. The highest BCUT2D eigenvalue weighted by molar-refractivity contribution is 6.30. The average molecular weight is 398 g/mol. The fraction of sp³-hybridized carbons (Fsp3) is 0.478. The first-order chi connectivity index (χ1) is 13.8. The van der Waals surface area contributed by atoms with Gasteiger partial charge in [-0.2, -0.15) is 0 Å². The summed E-state index contributed by atoms with van der Waals surface area (Å²) in [5, 5.41) is 4.53. The minimum atomic E-state index is 0.201. The highest BCUT2D eigenvalue weighted by Crippen LogP contribution is 2.37. The van der Waals surface area contributed by atoms with Crippen molar-refractivity contribution in [2.75, 3.05) is 32.8 Å². The maximum Gasteiger partial charge on any atom is 0.123 e. The molecule has 1 aromatic rings. The topological polar surface area (TPSA) is 27.7 Å². The first-order valence-electron chi connectivity index (χ1n) is 10.5. The van der Waals surface area contributed by atoms with E-state index >= 15 is 0 Å². The zero-order chi connectivity index (χ0) is 18.9. The summed E-state index contributed by atoms with van der Waals surface area (Å²) in [6, 6.07) is 8.19. The molecule has 28 heavy (non-hydrogen) atoms. The maximum atomic E-state index is 6.13. The first-order valence-corrected chi connectivity index (χ1v) is 10.9. The molecule has 1 atom stereocenters. The van der Waals surface area contributed by atoms with Gasteiger partial charge in [-0.1, -0.05) is 42.7 Å². The molecule has 4 aliphatic rings. The number of morpholine rings is 1. The number of fused-ring (bicyclic) bond motifs is 1. The minimum Gasteiger partial charge on any atom is -0.379 e. The Balaban J connectivity index is 1.48. The van der Waals surface area contributed by atoms with Gasteiger partial charge >= 0.3 is 0 Å². The number of nitrogens with one attached hydrogen (secondary N) is 1. The van der Waals surface area contributed by atoms with Gasteiger partial charge in [0.1, 0.15) is 6.17 Å². The fourth-order valence-corrected chi connectivity index (χ4v) is 4.93. The Morgan fingerprint density at radius 1 is 1.07 bits per heavy atom. The van der Waals surface area contributed by atoms with E-state index in [9.17, 15) is 0 Å². The molecule has 3 aliphatic heterocycles. The molecule has 0 spiro atoms. The van der Waals surface area contributed by atoms with Crippen molar-refractivity contribution in [3.05, 3.63) is 64.5 Å². The number of rotatable bonds is 4. The monoisotopic (exact) mass is 397 g/mol. The Labute approximate surface area is 172 Å². The summed E-state index contributed by atoms with van der Waals surface area (Å²) >= 11 is 6.13. The van der Waals surface area contributed by atoms with Crippen LogP contribution >= 0.6 is 11.6 Å². The van der Waals surface area contributed by atoms with Crippen LogP contribution in [-0.2, 0) is 4.74 Å². The quantitative estimate of drug-likeness (QED) is 0.823. The standard InChI is InChI=1S/C23H28ClN3O/c24-20-8-5-18(6-9-20)23-21(16-26-11-13-28-14-12-26)27-15-19(7-10-22(27)25-23)17-3-1-2-4-17/h5-10,15,17,22,25H,1-4,11-14,16H2. The van der Waals surface area contributed by atoms with Crippen LogP contribution in [0.5, 0.6) is 0 Å². The average Bonchev–Trinajstić information content (AvgIpc) is 3.38.